The van der Waals surface area contributed by atoms with E-state index in [2.05, 4.69) is 155 Å². The first-order valence-electron chi connectivity index (χ1n) is 17.7. The summed E-state index contributed by atoms with van der Waals surface area (Å²) in [6, 6.07) is 60.6. The predicted octanol–water partition coefficient (Wildman–Crippen LogP) is 13.3. The second-order valence-electron chi connectivity index (χ2n) is 13.7. The lowest BCUT2D eigenvalue weighted by Gasteiger charge is -2.09. The van der Waals surface area contributed by atoms with Crippen molar-refractivity contribution in [1.82, 2.24) is 9.13 Å². The van der Waals surface area contributed by atoms with Gasteiger partial charge < -0.3 is 18.0 Å². The largest absolute Gasteiger partial charge is 0.456 e. The molecular weight excluding hydrogens is 637 g/mol. The van der Waals surface area contributed by atoms with Crippen LogP contribution in [0.3, 0.4) is 0 Å². The third kappa shape index (κ3) is 3.70. The maximum atomic E-state index is 6.42. The van der Waals surface area contributed by atoms with Crippen LogP contribution >= 0.6 is 0 Å². The molecule has 0 spiro atoms. The minimum atomic E-state index is 0.880. The van der Waals surface area contributed by atoms with E-state index < -0.39 is 0 Å². The van der Waals surface area contributed by atoms with Crippen molar-refractivity contribution in [3.63, 3.8) is 0 Å². The molecule has 0 bridgehead atoms. The second kappa shape index (κ2) is 10.3. The molecule has 0 N–H and O–H groups in total. The van der Waals surface area contributed by atoms with E-state index in [4.69, 9.17) is 8.83 Å². The first-order chi connectivity index (χ1) is 25.8. The fraction of sp³-hybridized carbons (Fsp3) is 0. The third-order valence-electron chi connectivity index (χ3n) is 10.9. The number of benzene rings is 8. The summed E-state index contributed by atoms with van der Waals surface area (Å²) in [4.78, 5) is 0. The van der Waals surface area contributed by atoms with E-state index in [1.165, 1.54) is 32.6 Å². The average Bonchev–Trinajstić information content (AvgIpc) is 3.95. The van der Waals surface area contributed by atoms with Crippen LogP contribution in [0.4, 0.5) is 0 Å². The van der Waals surface area contributed by atoms with Crippen LogP contribution in [0.1, 0.15) is 0 Å². The summed E-state index contributed by atoms with van der Waals surface area (Å²) >= 11 is 0. The maximum absolute atomic E-state index is 6.42. The lowest BCUT2D eigenvalue weighted by Crippen LogP contribution is -1.94. The lowest BCUT2D eigenvalue weighted by molar-refractivity contribution is 0.668. The molecule has 4 heteroatoms. The van der Waals surface area contributed by atoms with Crippen LogP contribution in [-0.2, 0) is 0 Å². The number of fused-ring (bicyclic) bond motifs is 13. The Morgan fingerprint density at radius 2 is 0.904 bits per heavy atom. The summed E-state index contributed by atoms with van der Waals surface area (Å²) in [6.45, 7) is 0. The fourth-order valence-electron chi connectivity index (χ4n) is 8.74. The summed E-state index contributed by atoms with van der Waals surface area (Å²) in [6.07, 6.45) is 0. The van der Waals surface area contributed by atoms with Gasteiger partial charge in [0.15, 0.2) is 0 Å². The number of aromatic nitrogens is 2. The van der Waals surface area contributed by atoms with Crippen molar-refractivity contribution in [3.8, 4) is 22.5 Å². The van der Waals surface area contributed by atoms with Crippen LogP contribution in [0, 0.1) is 0 Å². The fourth-order valence-corrected chi connectivity index (χ4v) is 8.74. The van der Waals surface area contributed by atoms with E-state index in [9.17, 15) is 0 Å². The standard InChI is InChI=1S/C48H28N2O2/c1-2-11-30(12-3-1)49-38-17-7-4-14-35(38)47-40(49)25-26-41-48(47)37-27-29(32-16-10-20-44-46(32)36-15-6-9-19-43(36)51-44)21-24-39(37)50(41)31-22-23-34-33-13-5-8-18-42(33)52-45(34)28-31/h1-28H. The minimum Gasteiger partial charge on any atom is -0.456 e. The Bertz CT molecular complexity index is 3410. The van der Waals surface area contributed by atoms with Crippen molar-refractivity contribution in [2.75, 3.05) is 0 Å². The number of para-hydroxylation sites is 4. The molecule has 12 rings (SSSR count). The molecule has 4 nitrogen and oxygen atoms in total. The van der Waals surface area contributed by atoms with Crippen LogP contribution in [0.25, 0.3) is 110 Å². The van der Waals surface area contributed by atoms with E-state index in [1.54, 1.807) is 0 Å². The van der Waals surface area contributed by atoms with E-state index in [-0.39, 0.29) is 0 Å². The zero-order chi connectivity index (χ0) is 33.9. The van der Waals surface area contributed by atoms with Gasteiger partial charge in [-0.1, -0.05) is 91.0 Å². The van der Waals surface area contributed by atoms with Crippen LogP contribution in [0.5, 0.6) is 0 Å². The Balaban J connectivity index is 1.23. The van der Waals surface area contributed by atoms with Gasteiger partial charge in [0.2, 0.25) is 0 Å². The molecule has 4 heterocycles. The Morgan fingerprint density at radius 1 is 0.308 bits per heavy atom. The molecular formula is C48H28N2O2. The van der Waals surface area contributed by atoms with Crippen molar-refractivity contribution in [1.29, 1.82) is 0 Å². The van der Waals surface area contributed by atoms with E-state index >= 15 is 0 Å². The monoisotopic (exact) mass is 664 g/mol. The minimum absolute atomic E-state index is 0.880. The number of hydrogen-bond acceptors (Lipinski definition) is 2. The van der Waals surface area contributed by atoms with Gasteiger partial charge in [-0.2, -0.15) is 0 Å². The first kappa shape index (κ1) is 27.7. The van der Waals surface area contributed by atoms with Crippen molar-refractivity contribution >= 4 is 87.5 Å². The number of rotatable bonds is 3. The van der Waals surface area contributed by atoms with E-state index in [0.717, 1.165) is 77.4 Å². The van der Waals surface area contributed by atoms with Gasteiger partial charge in [0.05, 0.1) is 22.1 Å². The Labute approximate surface area is 296 Å². The summed E-state index contributed by atoms with van der Waals surface area (Å²) in [5.41, 5.74) is 12.8. The van der Waals surface area contributed by atoms with Crippen molar-refractivity contribution < 1.29 is 8.83 Å². The topological polar surface area (TPSA) is 36.1 Å². The summed E-state index contributed by atoms with van der Waals surface area (Å²) in [5, 5.41) is 9.42. The number of nitrogens with zero attached hydrogens (tertiary/aromatic N) is 2. The SMILES string of the molecule is c1ccc(-n2c3ccccc3c3c4c5cc(-c6cccc7oc8ccccc8c67)ccc5n(-c5ccc6c(c5)oc5ccccc56)c4ccc32)cc1. The summed E-state index contributed by atoms with van der Waals surface area (Å²) < 4.78 is 17.5. The normalized spacial score (nSPS) is 12.2. The van der Waals surface area contributed by atoms with Gasteiger partial charge in [-0.3, -0.25) is 0 Å². The number of hydrogen-bond donors (Lipinski definition) is 0. The molecule has 0 aliphatic carbocycles. The van der Waals surface area contributed by atoms with Gasteiger partial charge in [-0.15, -0.1) is 0 Å². The highest BCUT2D eigenvalue weighted by atomic mass is 16.3. The molecule has 0 saturated heterocycles. The highest BCUT2D eigenvalue weighted by Crippen LogP contribution is 2.45. The van der Waals surface area contributed by atoms with Gasteiger partial charge in [-0.25, -0.2) is 0 Å². The van der Waals surface area contributed by atoms with Gasteiger partial charge in [-0.05, 0) is 83.9 Å². The van der Waals surface area contributed by atoms with Crippen LogP contribution in [0.2, 0.25) is 0 Å². The van der Waals surface area contributed by atoms with Crippen molar-refractivity contribution in [2.24, 2.45) is 0 Å². The molecule has 0 aliphatic heterocycles. The quantitative estimate of drug-likeness (QED) is 0.188. The zero-order valence-electron chi connectivity index (χ0n) is 27.9. The lowest BCUT2D eigenvalue weighted by atomic mass is 9.97. The van der Waals surface area contributed by atoms with Crippen molar-refractivity contribution in [2.45, 2.75) is 0 Å². The van der Waals surface area contributed by atoms with Crippen LogP contribution in [-0.4, -0.2) is 9.13 Å². The Kier molecular flexibility index (Phi) is 5.47. The number of furan rings is 2. The van der Waals surface area contributed by atoms with Gasteiger partial charge >= 0.3 is 0 Å². The summed E-state index contributed by atoms with van der Waals surface area (Å²) in [5.74, 6) is 0. The maximum Gasteiger partial charge on any atom is 0.137 e. The Hall–Kier alpha value is -7.04. The highest BCUT2D eigenvalue weighted by molar-refractivity contribution is 6.29. The van der Waals surface area contributed by atoms with Gasteiger partial charge in [0, 0.05) is 60.5 Å². The zero-order valence-corrected chi connectivity index (χ0v) is 27.9. The van der Waals surface area contributed by atoms with Gasteiger partial charge in [0.1, 0.15) is 22.3 Å². The molecule has 0 fully saturated rings. The van der Waals surface area contributed by atoms with Gasteiger partial charge in [0.25, 0.3) is 0 Å². The molecule has 0 amide bonds. The molecule has 8 aromatic carbocycles. The molecule has 0 unspecified atom stereocenters. The van der Waals surface area contributed by atoms with Crippen molar-refractivity contribution in [3.05, 3.63) is 170 Å². The van der Waals surface area contributed by atoms with E-state index in [1.807, 2.05) is 24.3 Å². The second-order valence-corrected chi connectivity index (χ2v) is 13.7. The summed E-state index contributed by atoms with van der Waals surface area (Å²) in [7, 11) is 0. The van der Waals surface area contributed by atoms with Crippen LogP contribution in [0.15, 0.2) is 179 Å². The molecule has 0 atom stereocenters. The molecule has 0 aliphatic rings. The highest BCUT2D eigenvalue weighted by Gasteiger charge is 2.22. The Morgan fingerprint density at radius 3 is 1.75 bits per heavy atom. The third-order valence-corrected chi connectivity index (χ3v) is 10.9. The molecule has 4 aromatic heterocycles. The first-order valence-corrected chi connectivity index (χ1v) is 17.7. The average molecular weight is 665 g/mol. The smallest absolute Gasteiger partial charge is 0.137 e. The van der Waals surface area contributed by atoms with Crippen LogP contribution < -0.4 is 0 Å². The molecule has 242 valence electrons. The molecule has 52 heavy (non-hydrogen) atoms. The molecule has 12 aromatic rings. The predicted molar refractivity (Wildman–Crippen MR) is 215 cm³/mol. The molecule has 0 saturated carbocycles. The molecule has 0 radical (unpaired) electrons. The van der Waals surface area contributed by atoms with E-state index in [0.29, 0.717) is 0 Å².